The quantitative estimate of drug-likeness (QED) is 0.562. The Kier molecular flexibility index (Phi) is 3.22. The van der Waals surface area contributed by atoms with Crippen molar-refractivity contribution >= 4 is 27.6 Å². The SMILES string of the molecule is [B]COc1ccc(S(=O)(=O)Cl)cc1. The molecule has 0 aliphatic rings. The number of rotatable bonds is 3. The average molecular weight is 216 g/mol. The maximum Gasteiger partial charge on any atom is 0.261 e. The van der Waals surface area contributed by atoms with Gasteiger partial charge in [0, 0.05) is 17.2 Å². The molecule has 0 N–H and O–H groups in total. The summed E-state index contributed by atoms with van der Waals surface area (Å²) in [5.74, 6) is 0.506. The van der Waals surface area contributed by atoms with Crippen molar-refractivity contribution in [2.75, 3.05) is 6.51 Å². The van der Waals surface area contributed by atoms with Crippen LogP contribution < -0.4 is 4.74 Å². The zero-order valence-corrected chi connectivity index (χ0v) is 8.18. The van der Waals surface area contributed by atoms with Crippen LogP contribution in [0.5, 0.6) is 5.75 Å². The number of hydrogen-bond donors (Lipinski definition) is 0. The van der Waals surface area contributed by atoms with Crippen molar-refractivity contribution in [2.24, 2.45) is 0 Å². The Labute approximate surface area is 82.5 Å². The standard InChI is InChI=1S/C7H6BClO3S/c8-5-12-6-1-3-7(4-2-6)13(9,10)11/h1-4H,5H2. The summed E-state index contributed by atoms with van der Waals surface area (Å²) in [6.07, 6.45) is 0. The molecule has 0 unspecified atom stereocenters. The number of ether oxygens (including phenoxy) is 1. The third-order valence-electron chi connectivity index (χ3n) is 1.36. The van der Waals surface area contributed by atoms with Crippen molar-refractivity contribution < 1.29 is 13.2 Å². The van der Waals surface area contributed by atoms with E-state index in [0.717, 1.165) is 0 Å². The van der Waals surface area contributed by atoms with E-state index in [4.69, 9.17) is 23.3 Å². The normalized spacial score (nSPS) is 11.2. The molecule has 0 fully saturated rings. The predicted molar refractivity (Wildman–Crippen MR) is 50.7 cm³/mol. The molecule has 3 nitrogen and oxygen atoms in total. The molecule has 0 aromatic heterocycles. The smallest absolute Gasteiger partial charge is 0.261 e. The highest BCUT2D eigenvalue weighted by molar-refractivity contribution is 8.13. The van der Waals surface area contributed by atoms with Crippen LogP contribution in [0.4, 0.5) is 0 Å². The fourth-order valence-electron chi connectivity index (χ4n) is 0.795. The number of halogens is 1. The first kappa shape index (κ1) is 10.4. The van der Waals surface area contributed by atoms with Gasteiger partial charge in [0.1, 0.15) is 13.6 Å². The first-order valence-corrected chi connectivity index (χ1v) is 5.72. The van der Waals surface area contributed by atoms with Gasteiger partial charge in [-0.25, -0.2) is 8.42 Å². The molecule has 0 amide bonds. The third-order valence-corrected chi connectivity index (χ3v) is 2.73. The van der Waals surface area contributed by atoms with Crippen LogP contribution >= 0.6 is 10.7 Å². The molecule has 13 heavy (non-hydrogen) atoms. The van der Waals surface area contributed by atoms with E-state index in [1.54, 1.807) is 0 Å². The Morgan fingerprint density at radius 2 is 1.85 bits per heavy atom. The van der Waals surface area contributed by atoms with Crippen LogP contribution in [0.25, 0.3) is 0 Å². The van der Waals surface area contributed by atoms with Gasteiger partial charge in [0.05, 0.1) is 4.90 Å². The maximum atomic E-state index is 10.8. The van der Waals surface area contributed by atoms with Crippen LogP contribution in [0.2, 0.25) is 0 Å². The minimum atomic E-state index is -3.65. The van der Waals surface area contributed by atoms with Gasteiger partial charge in [-0.05, 0) is 24.3 Å². The lowest BCUT2D eigenvalue weighted by atomic mass is 10.2. The summed E-state index contributed by atoms with van der Waals surface area (Å²) in [6, 6.07) is 5.69. The maximum absolute atomic E-state index is 10.8. The van der Waals surface area contributed by atoms with Gasteiger partial charge in [0.25, 0.3) is 9.05 Å². The molecule has 1 aromatic carbocycles. The van der Waals surface area contributed by atoms with Crippen molar-refractivity contribution in [1.29, 1.82) is 0 Å². The van der Waals surface area contributed by atoms with Crippen molar-refractivity contribution in [1.82, 2.24) is 0 Å². The van der Waals surface area contributed by atoms with Gasteiger partial charge in [0.15, 0.2) is 0 Å². The number of benzene rings is 1. The van der Waals surface area contributed by atoms with Crippen LogP contribution in [0.1, 0.15) is 0 Å². The first-order valence-electron chi connectivity index (χ1n) is 3.41. The lowest BCUT2D eigenvalue weighted by Crippen LogP contribution is -1.96. The predicted octanol–water partition coefficient (Wildman–Crippen LogP) is 1.12. The zero-order chi connectivity index (χ0) is 9.90. The Morgan fingerprint density at radius 1 is 1.31 bits per heavy atom. The summed E-state index contributed by atoms with van der Waals surface area (Å²) in [6.45, 7) is 0.0486. The van der Waals surface area contributed by atoms with Crippen LogP contribution in [0.15, 0.2) is 29.2 Å². The van der Waals surface area contributed by atoms with E-state index < -0.39 is 9.05 Å². The molecule has 0 saturated heterocycles. The second kappa shape index (κ2) is 4.02. The van der Waals surface area contributed by atoms with Crippen molar-refractivity contribution in [2.45, 2.75) is 4.90 Å². The summed E-state index contributed by atoms with van der Waals surface area (Å²) in [4.78, 5) is 0.0403. The molecule has 2 radical (unpaired) electrons. The van der Waals surface area contributed by atoms with E-state index in [1.165, 1.54) is 24.3 Å². The van der Waals surface area contributed by atoms with Gasteiger partial charge in [-0.15, -0.1) is 0 Å². The van der Waals surface area contributed by atoms with Gasteiger partial charge in [0.2, 0.25) is 0 Å². The highest BCUT2D eigenvalue weighted by atomic mass is 35.7. The average Bonchev–Trinajstić information content (AvgIpc) is 2.04. The summed E-state index contributed by atoms with van der Waals surface area (Å²) in [5.41, 5.74) is 0. The largest absolute Gasteiger partial charge is 0.504 e. The molecular weight excluding hydrogens is 210 g/mol. The van der Waals surface area contributed by atoms with Gasteiger partial charge in [-0.1, -0.05) is 0 Å². The van der Waals surface area contributed by atoms with Crippen molar-refractivity contribution in [3.8, 4) is 5.75 Å². The molecule has 68 valence electrons. The first-order chi connectivity index (χ1) is 6.04. The third kappa shape index (κ3) is 2.93. The van der Waals surface area contributed by atoms with Crippen LogP contribution in [-0.2, 0) is 9.05 Å². The fourth-order valence-corrected chi connectivity index (χ4v) is 1.56. The van der Waals surface area contributed by atoms with Gasteiger partial charge >= 0.3 is 0 Å². The van der Waals surface area contributed by atoms with Crippen molar-refractivity contribution in [3.63, 3.8) is 0 Å². The molecule has 0 saturated carbocycles. The van der Waals surface area contributed by atoms with E-state index in [2.05, 4.69) is 0 Å². The molecule has 1 rings (SSSR count). The van der Waals surface area contributed by atoms with Gasteiger partial charge in [-0.2, -0.15) is 0 Å². The minimum absolute atomic E-state index is 0.0403. The summed E-state index contributed by atoms with van der Waals surface area (Å²) in [5, 5.41) is 0. The molecule has 6 heteroatoms. The lowest BCUT2D eigenvalue weighted by molar-refractivity contribution is 0.387. The van der Waals surface area contributed by atoms with Gasteiger partial charge < -0.3 is 4.74 Å². The molecule has 0 bridgehead atoms. The van der Waals surface area contributed by atoms with E-state index in [1.807, 2.05) is 0 Å². The van der Waals surface area contributed by atoms with Crippen LogP contribution in [-0.4, -0.2) is 22.8 Å². The van der Waals surface area contributed by atoms with Crippen LogP contribution in [0.3, 0.4) is 0 Å². The topological polar surface area (TPSA) is 43.4 Å². The van der Waals surface area contributed by atoms with Gasteiger partial charge in [-0.3, -0.25) is 0 Å². The van der Waals surface area contributed by atoms with E-state index >= 15 is 0 Å². The van der Waals surface area contributed by atoms with E-state index in [0.29, 0.717) is 5.75 Å². The highest BCUT2D eigenvalue weighted by Crippen LogP contribution is 2.18. The van der Waals surface area contributed by atoms with Crippen LogP contribution in [0, 0.1) is 0 Å². The Balaban J connectivity index is 2.94. The molecule has 1 aromatic rings. The monoisotopic (exact) mass is 216 g/mol. The zero-order valence-electron chi connectivity index (χ0n) is 6.60. The summed E-state index contributed by atoms with van der Waals surface area (Å²) < 4.78 is 26.5. The summed E-state index contributed by atoms with van der Waals surface area (Å²) >= 11 is 0. The molecule has 0 aliphatic carbocycles. The Bertz CT molecular complexity index is 373. The Hall–Kier alpha value is -0.675. The molecular formula is C7H6BClO3S. The fraction of sp³-hybridized carbons (Fsp3) is 0.143. The summed E-state index contributed by atoms with van der Waals surface area (Å²) in [7, 11) is 6.56. The second-order valence-electron chi connectivity index (χ2n) is 2.22. The molecule has 0 heterocycles. The highest BCUT2D eigenvalue weighted by Gasteiger charge is 2.08. The molecule has 0 spiro atoms. The Morgan fingerprint density at radius 3 is 2.23 bits per heavy atom. The van der Waals surface area contributed by atoms with E-state index in [-0.39, 0.29) is 11.4 Å². The van der Waals surface area contributed by atoms with E-state index in [9.17, 15) is 8.42 Å². The minimum Gasteiger partial charge on any atom is -0.504 e. The van der Waals surface area contributed by atoms with Crippen molar-refractivity contribution in [3.05, 3.63) is 24.3 Å². The molecule has 0 atom stereocenters. The lowest BCUT2D eigenvalue weighted by Gasteiger charge is -2.02. The second-order valence-corrected chi connectivity index (χ2v) is 4.79. The number of hydrogen-bond acceptors (Lipinski definition) is 3. The molecule has 0 aliphatic heterocycles.